The first-order chi connectivity index (χ1) is 10.6. The van der Waals surface area contributed by atoms with Crippen molar-refractivity contribution in [2.24, 2.45) is 5.73 Å². The van der Waals surface area contributed by atoms with Gasteiger partial charge in [-0.2, -0.15) is 0 Å². The number of rotatable bonds is 12. The molecule has 0 atom stereocenters. The average Bonchev–Trinajstić information content (AvgIpc) is 2.49. The highest BCUT2D eigenvalue weighted by atomic mass is 35.5. The molecule has 0 heterocycles. The highest BCUT2D eigenvalue weighted by Gasteiger charge is 1.98. The standard InChI is InChI=1S/C15H24N4O3.ClH/c16-15(17)12-2-4-13(5-3-12)22-11-1-7-18-9-10-19-8-6-14(20)21;/h2-5,18-19H,1,6-11H2,(H3,16,17)(H,20,21);1H. The Morgan fingerprint density at radius 2 is 1.74 bits per heavy atom. The summed E-state index contributed by atoms with van der Waals surface area (Å²) in [7, 11) is 0. The van der Waals surface area contributed by atoms with Crippen molar-refractivity contribution in [1.29, 1.82) is 5.41 Å². The molecule has 6 N–H and O–H groups in total. The number of nitrogens with two attached hydrogens (primary N) is 1. The Balaban J connectivity index is 0.00000484. The Morgan fingerprint density at radius 1 is 1.13 bits per heavy atom. The highest BCUT2D eigenvalue weighted by Crippen LogP contribution is 2.11. The summed E-state index contributed by atoms with van der Waals surface area (Å²) in [5.41, 5.74) is 6.06. The van der Waals surface area contributed by atoms with E-state index in [0.717, 1.165) is 31.8 Å². The summed E-state index contributed by atoms with van der Waals surface area (Å²) < 4.78 is 5.58. The summed E-state index contributed by atoms with van der Waals surface area (Å²) in [4.78, 5) is 10.3. The lowest BCUT2D eigenvalue weighted by atomic mass is 10.2. The van der Waals surface area contributed by atoms with Gasteiger partial charge in [0.1, 0.15) is 11.6 Å². The van der Waals surface area contributed by atoms with Crippen LogP contribution in [0.25, 0.3) is 0 Å². The minimum atomic E-state index is -0.783. The van der Waals surface area contributed by atoms with Gasteiger partial charge in [-0.3, -0.25) is 10.2 Å². The molecule has 0 aliphatic carbocycles. The van der Waals surface area contributed by atoms with Gasteiger partial charge in [0.15, 0.2) is 0 Å². The summed E-state index contributed by atoms with van der Waals surface area (Å²) in [6.45, 7) is 3.49. The fourth-order valence-corrected chi connectivity index (χ4v) is 1.74. The van der Waals surface area contributed by atoms with E-state index in [1.54, 1.807) is 24.3 Å². The molecule has 0 amide bonds. The number of halogens is 1. The Bertz CT molecular complexity index is 468. The summed E-state index contributed by atoms with van der Waals surface area (Å²) in [6.07, 6.45) is 1.03. The third kappa shape index (κ3) is 10.5. The van der Waals surface area contributed by atoms with Crippen LogP contribution < -0.4 is 21.1 Å². The smallest absolute Gasteiger partial charge is 0.304 e. The molecule has 0 spiro atoms. The maximum Gasteiger partial charge on any atom is 0.304 e. The summed E-state index contributed by atoms with van der Waals surface area (Å²) in [6, 6.07) is 7.13. The lowest BCUT2D eigenvalue weighted by Gasteiger charge is -2.08. The first kappa shape index (κ1) is 21.2. The molecule has 0 aromatic heterocycles. The van der Waals surface area contributed by atoms with E-state index in [0.29, 0.717) is 18.7 Å². The zero-order valence-electron chi connectivity index (χ0n) is 13.0. The molecule has 0 saturated heterocycles. The second-order valence-corrected chi connectivity index (χ2v) is 4.78. The number of aliphatic carboxylic acids is 1. The van der Waals surface area contributed by atoms with Crippen LogP contribution in [0.3, 0.4) is 0 Å². The van der Waals surface area contributed by atoms with E-state index in [1.807, 2.05) is 0 Å². The molecule has 1 rings (SSSR count). The van der Waals surface area contributed by atoms with Gasteiger partial charge in [-0.15, -0.1) is 12.4 Å². The number of carboxylic acids is 1. The Kier molecular flexibility index (Phi) is 11.7. The topological polar surface area (TPSA) is 120 Å². The van der Waals surface area contributed by atoms with E-state index in [4.69, 9.17) is 21.0 Å². The maximum absolute atomic E-state index is 10.3. The molecular formula is C15H25ClN4O3. The number of hydrogen-bond acceptors (Lipinski definition) is 5. The number of hydrogen-bond donors (Lipinski definition) is 5. The van der Waals surface area contributed by atoms with Crippen LogP contribution >= 0.6 is 12.4 Å². The second kappa shape index (κ2) is 12.7. The second-order valence-electron chi connectivity index (χ2n) is 4.78. The lowest BCUT2D eigenvalue weighted by molar-refractivity contribution is -0.136. The van der Waals surface area contributed by atoms with Crippen LogP contribution in [0.2, 0.25) is 0 Å². The van der Waals surface area contributed by atoms with Crippen LogP contribution in [-0.2, 0) is 4.79 Å². The minimum absolute atomic E-state index is 0. The van der Waals surface area contributed by atoms with Crippen molar-refractivity contribution in [3.63, 3.8) is 0 Å². The van der Waals surface area contributed by atoms with Gasteiger partial charge in [0.05, 0.1) is 13.0 Å². The SMILES string of the molecule is Cl.N=C(N)c1ccc(OCCCNCCNCCC(=O)O)cc1. The Morgan fingerprint density at radius 3 is 2.30 bits per heavy atom. The van der Waals surface area contributed by atoms with Gasteiger partial charge in [0.2, 0.25) is 0 Å². The molecule has 23 heavy (non-hydrogen) atoms. The Hall–Kier alpha value is -1.83. The quantitative estimate of drug-likeness (QED) is 0.217. The van der Waals surface area contributed by atoms with E-state index in [2.05, 4.69) is 10.6 Å². The van der Waals surface area contributed by atoms with Crippen molar-refractivity contribution in [3.8, 4) is 5.75 Å². The first-order valence-corrected chi connectivity index (χ1v) is 7.30. The number of ether oxygens (including phenoxy) is 1. The Labute approximate surface area is 142 Å². The van der Waals surface area contributed by atoms with E-state index in [1.165, 1.54) is 0 Å². The van der Waals surface area contributed by atoms with Gasteiger partial charge in [0.25, 0.3) is 0 Å². The first-order valence-electron chi connectivity index (χ1n) is 7.30. The molecule has 1 aromatic rings. The number of nitrogens with one attached hydrogen (secondary N) is 3. The third-order valence-electron chi connectivity index (χ3n) is 2.93. The molecule has 1 aromatic carbocycles. The van der Waals surface area contributed by atoms with Crippen molar-refractivity contribution >= 4 is 24.2 Å². The molecule has 0 aliphatic heterocycles. The molecule has 0 radical (unpaired) electrons. The largest absolute Gasteiger partial charge is 0.494 e. The minimum Gasteiger partial charge on any atom is -0.494 e. The zero-order chi connectivity index (χ0) is 16.2. The van der Waals surface area contributed by atoms with Crippen LogP contribution in [0, 0.1) is 5.41 Å². The summed E-state index contributed by atoms with van der Waals surface area (Å²) >= 11 is 0. The molecule has 130 valence electrons. The molecule has 0 saturated carbocycles. The number of amidine groups is 1. The van der Waals surface area contributed by atoms with Gasteiger partial charge in [-0.25, -0.2) is 0 Å². The van der Waals surface area contributed by atoms with Crippen molar-refractivity contribution in [3.05, 3.63) is 29.8 Å². The average molecular weight is 345 g/mol. The maximum atomic E-state index is 10.3. The normalized spacial score (nSPS) is 9.91. The molecule has 7 nitrogen and oxygen atoms in total. The van der Waals surface area contributed by atoms with Crippen LogP contribution in [0.4, 0.5) is 0 Å². The number of benzene rings is 1. The van der Waals surface area contributed by atoms with E-state index >= 15 is 0 Å². The molecule has 0 unspecified atom stereocenters. The predicted molar refractivity (Wildman–Crippen MR) is 92.8 cm³/mol. The zero-order valence-corrected chi connectivity index (χ0v) is 13.8. The molecule has 0 bridgehead atoms. The monoisotopic (exact) mass is 344 g/mol. The van der Waals surface area contributed by atoms with Crippen molar-refractivity contribution in [2.45, 2.75) is 12.8 Å². The van der Waals surface area contributed by atoms with Crippen LogP contribution in [-0.4, -0.2) is 49.7 Å². The van der Waals surface area contributed by atoms with E-state index in [-0.39, 0.29) is 24.7 Å². The molecule has 0 aliphatic rings. The van der Waals surface area contributed by atoms with Gasteiger partial charge < -0.3 is 26.2 Å². The molecular weight excluding hydrogens is 320 g/mol. The molecule has 0 fully saturated rings. The van der Waals surface area contributed by atoms with Gasteiger partial charge in [-0.05, 0) is 37.2 Å². The van der Waals surface area contributed by atoms with Crippen molar-refractivity contribution in [1.82, 2.24) is 10.6 Å². The van der Waals surface area contributed by atoms with Gasteiger partial charge >= 0.3 is 5.97 Å². The van der Waals surface area contributed by atoms with E-state index in [9.17, 15) is 4.79 Å². The predicted octanol–water partition coefficient (Wildman–Crippen LogP) is 0.815. The van der Waals surface area contributed by atoms with Crippen molar-refractivity contribution < 1.29 is 14.6 Å². The molecule has 8 heteroatoms. The van der Waals surface area contributed by atoms with Gasteiger partial charge in [-0.1, -0.05) is 0 Å². The summed E-state index contributed by atoms with van der Waals surface area (Å²) in [5, 5.41) is 22.1. The van der Waals surface area contributed by atoms with Crippen molar-refractivity contribution in [2.75, 3.05) is 32.8 Å². The van der Waals surface area contributed by atoms with Gasteiger partial charge in [0, 0.05) is 25.2 Å². The van der Waals surface area contributed by atoms with Crippen LogP contribution in [0.15, 0.2) is 24.3 Å². The highest BCUT2D eigenvalue weighted by molar-refractivity contribution is 5.94. The fraction of sp³-hybridized carbons (Fsp3) is 0.467. The number of nitrogen functional groups attached to an aromatic ring is 1. The number of carboxylic acid groups (broad SMARTS) is 1. The third-order valence-corrected chi connectivity index (χ3v) is 2.93. The van der Waals surface area contributed by atoms with Crippen LogP contribution in [0.1, 0.15) is 18.4 Å². The van der Waals surface area contributed by atoms with E-state index < -0.39 is 5.97 Å². The lowest BCUT2D eigenvalue weighted by Crippen LogP contribution is -2.29. The number of carbonyl (C=O) groups is 1. The fourth-order valence-electron chi connectivity index (χ4n) is 1.74. The summed E-state index contributed by atoms with van der Waals surface area (Å²) in [5.74, 6) is 0.0296. The van der Waals surface area contributed by atoms with Crippen LogP contribution in [0.5, 0.6) is 5.75 Å².